The van der Waals surface area contributed by atoms with Gasteiger partial charge in [0.25, 0.3) is 5.91 Å². The summed E-state index contributed by atoms with van der Waals surface area (Å²) in [5.74, 6) is 0.229. The first kappa shape index (κ1) is 25.3. The maximum absolute atomic E-state index is 12.9. The standard InChI is InChI=1S/C23H24F3N7O3S/c1-14-5-6-20-30-31-21(33(14)20)17-3-2-4-19(28-17)29-22(34)18-11-16-13-32(9-7-15(16)12-27-18)37(35,36)10-8-23(24,25)26/h2-4,11-12,14H,5-10,13H2,1H3,(H,28,29,34)/t14-/m1/s1. The lowest BCUT2D eigenvalue weighted by Crippen LogP contribution is -2.38. The molecule has 0 unspecified atom stereocenters. The second-order valence-corrected chi connectivity index (χ2v) is 11.3. The quantitative estimate of drug-likeness (QED) is 0.515. The molecular formula is C23H24F3N7O3S. The zero-order chi connectivity index (χ0) is 26.4. The number of sulfonamides is 1. The first-order valence-electron chi connectivity index (χ1n) is 11.7. The number of hydrogen-bond donors (Lipinski definition) is 1. The summed E-state index contributed by atoms with van der Waals surface area (Å²) < 4.78 is 65.6. The number of halogens is 3. The van der Waals surface area contributed by atoms with Crippen molar-refractivity contribution in [2.45, 2.75) is 51.4 Å². The van der Waals surface area contributed by atoms with E-state index in [0.29, 0.717) is 23.5 Å². The molecule has 10 nitrogen and oxygen atoms in total. The molecule has 1 N–H and O–H groups in total. The average Bonchev–Trinajstić information content (AvgIpc) is 3.45. The minimum atomic E-state index is -4.56. The fraction of sp³-hybridized carbons (Fsp3) is 0.435. The van der Waals surface area contributed by atoms with Crippen molar-refractivity contribution in [3.8, 4) is 11.5 Å². The molecule has 0 aromatic carbocycles. The Bertz CT molecular complexity index is 1460. The SMILES string of the molecule is C[C@@H]1CCc2nnc(-c3cccc(NC(=O)c4cc5c(cn4)CCN(S(=O)(=O)CCC(F)(F)F)C5)n3)n21. The van der Waals surface area contributed by atoms with Crippen LogP contribution in [0.1, 0.15) is 53.2 Å². The minimum absolute atomic E-state index is 0.0393. The second kappa shape index (κ2) is 9.49. The van der Waals surface area contributed by atoms with Gasteiger partial charge in [0.2, 0.25) is 10.0 Å². The van der Waals surface area contributed by atoms with Crippen LogP contribution in [-0.4, -0.2) is 61.8 Å². The Labute approximate surface area is 211 Å². The van der Waals surface area contributed by atoms with Crippen LogP contribution in [0.4, 0.5) is 19.0 Å². The van der Waals surface area contributed by atoms with Crippen molar-refractivity contribution in [3.05, 3.63) is 53.1 Å². The molecule has 5 rings (SSSR count). The number of nitrogens with one attached hydrogen (secondary N) is 1. The molecule has 0 saturated carbocycles. The van der Waals surface area contributed by atoms with Crippen LogP contribution in [0, 0.1) is 0 Å². The van der Waals surface area contributed by atoms with Crippen LogP contribution in [-0.2, 0) is 29.4 Å². The van der Waals surface area contributed by atoms with E-state index in [9.17, 15) is 26.4 Å². The van der Waals surface area contributed by atoms with E-state index in [-0.39, 0.29) is 30.6 Å². The molecule has 1 amide bonds. The molecule has 0 bridgehead atoms. The van der Waals surface area contributed by atoms with Gasteiger partial charge in [-0.3, -0.25) is 9.78 Å². The van der Waals surface area contributed by atoms with E-state index in [1.807, 2.05) is 4.57 Å². The molecule has 2 aliphatic heterocycles. The third-order valence-corrected chi connectivity index (χ3v) is 8.36. The van der Waals surface area contributed by atoms with E-state index in [1.54, 1.807) is 18.2 Å². The lowest BCUT2D eigenvalue weighted by atomic mass is 10.0. The average molecular weight is 536 g/mol. The number of aryl methyl sites for hydroxylation is 1. The van der Waals surface area contributed by atoms with Gasteiger partial charge >= 0.3 is 6.18 Å². The van der Waals surface area contributed by atoms with Crippen LogP contribution in [0.25, 0.3) is 11.5 Å². The maximum atomic E-state index is 12.9. The van der Waals surface area contributed by atoms with Gasteiger partial charge in [-0.05, 0) is 49.1 Å². The summed E-state index contributed by atoms with van der Waals surface area (Å²) in [6.07, 6.45) is -2.37. The molecule has 0 aliphatic carbocycles. The first-order valence-corrected chi connectivity index (χ1v) is 13.4. The number of amides is 1. The van der Waals surface area contributed by atoms with Gasteiger partial charge in [0, 0.05) is 31.7 Å². The lowest BCUT2D eigenvalue weighted by molar-refractivity contribution is -0.130. The number of nitrogens with zero attached hydrogens (tertiary/aromatic N) is 6. The number of carbonyl (C=O) groups is 1. The summed E-state index contributed by atoms with van der Waals surface area (Å²) in [6, 6.07) is 6.86. The Kier molecular flexibility index (Phi) is 6.48. The van der Waals surface area contributed by atoms with Crippen molar-refractivity contribution in [1.29, 1.82) is 0 Å². The highest BCUT2D eigenvalue weighted by Crippen LogP contribution is 2.30. The summed E-state index contributed by atoms with van der Waals surface area (Å²) in [5.41, 5.74) is 1.87. The topological polar surface area (TPSA) is 123 Å². The van der Waals surface area contributed by atoms with E-state index in [0.717, 1.165) is 28.5 Å². The molecule has 5 heterocycles. The van der Waals surface area contributed by atoms with E-state index in [2.05, 4.69) is 32.4 Å². The molecule has 3 aromatic heterocycles. The Hall–Kier alpha value is -3.39. The Morgan fingerprint density at radius 2 is 2.00 bits per heavy atom. The maximum Gasteiger partial charge on any atom is 0.390 e. The summed E-state index contributed by atoms with van der Waals surface area (Å²) in [7, 11) is -4.11. The molecular weight excluding hydrogens is 511 g/mol. The number of pyridine rings is 2. The fourth-order valence-electron chi connectivity index (χ4n) is 4.56. The number of aromatic nitrogens is 5. The predicted molar refractivity (Wildman–Crippen MR) is 127 cm³/mol. The Morgan fingerprint density at radius 3 is 2.78 bits per heavy atom. The molecule has 196 valence electrons. The van der Waals surface area contributed by atoms with Crippen molar-refractivity contribution in [2.24, 2.45) is 0 Å². The first-order chi connectivity index (χ1) is 17.5. The van der Waals surface area contributed by atoms with Crippen LogP contribution in [0.15, 0.2) is 30.5 Å². The van der Waals surface area contributed by atoms with Gasteiger partial charge in [-0.25, -0.2) is 13.4 Å². The molecule has 14 heteroatoms. The third kappa shape index (κ3) is 5.34. The summed E-state index contributed by atoms with van der Waals surface area (Å²) in [5, 5.41) is 11.2. The van der Waals surface area contributed by atoms with Crippen LogP contribution in [0.2, 0.25) is 0 Å². The zero-order valence-electron chi connectivity index (χ0n) is 19.9. The van der Waals surface area contributed by atoms with Crippen molar-refractivity contribution >= 4 is 21.7 Å². The molecule has 0 fully saturated rings. The van der Waals surface area contributed by atoms with Gasteiger partial charge in [-0.1, -0.05) is 6.07 Å². The van der Waals surface area contributed by atoms with Gasteiger partial charge in [0.15, 0.2) is 5.82 Å². The Balaban J connectivity index is 1.31. The van der Waals surface area contributed by atoms with Crippen LogP contribution in [0.3, 0.4) is 0 Å². The second-order valence-electron chi connectivity index (χ2n) is 9.16. The fourth-order valence-corrected chi connectivity index (χ4v) is 6.01. The molecule has 0 radical (unpaired) electrons. The van der Waals surface area contributed by atoms with Crippen molar-refractivity contribution in [1.82, 2.24) is 29.0 Å². The monoisotopic (exact) mass is 535 g/mol. The largest absolute Gasteiger partial charge is 0.390 e. The molecule has 37 heavy (non-hydrogen) atoms. The summed E-state index contributed by atoms with van der Waals surface area (Å²) in [6.45, 7) is 2.02. The van der Waals surface area contributed by atoms with Crippen LogP contribution >= 0.6 is 0 Å². The highest BCUT2D eigenvalue weighted by atomic mass is 32.2. The normalized spacial score (nSPS) is 17.9. The lowest BCUT2D eigenvalue weighted by Gasteiger charge is -2.28. The van der Waals surface area contributed by atoms with Gasteiger partial charge in [0.1, 0.15) is 23.0 Å². The number of hydrogen-bond acceptors (Lipinski definition) is 7. The van der Waals surface area contributed by atoms with Crippen molar-refractivity contribution in [3.63, 3.8) is 0 Å². The highest BCUT2D eigenvalue weighted by molar-refractivity contribution is 7.89. The number of carbonyl (C=O) groups excluding carboxylic acids is 1. The smallest absolute Gasteiger partial charge is 0.307 e. The van der Waals surface area contributed by atoms with Crippen molar-refractivity contribution in [2.75, 3.05) is 17.6 Å². The van der Waals surface area contributed by atoms with E-state index in [4.69, 9.17) is 0 Å². The van der Waals surface area contributed by atoms with Gasteiger partial charge in [-0.2, -0.15) is 17.5 Å². The minimum Gasteiger partial charge on any atom is -0.307 e. The van der Waals surface area contributed by atoms with E-state index < -0.39 is 34.3 Å². The van der Waals surface area contributed by atoms with Gasteiger partial charge in [-0.15, -0.1) is 10.2 Å². The Morgan fingerprint density at radius 1 is 1.19 bits per heavy atom. The number of alkyl halides is 3. The van der Waals surface area contributed by atoms with E-state index >= 15 is 0 Å². The predicted octanol–water partition coefficient (Wildman–Crippen LogP) is 3.13. The van der Waals surface area contributed by atoms with Crippen molar-refractivity contribution < 1.29 is 26.4 Å². The molecule has 2 aliphatic rings. The summed E-state index contributed by atoms with van der Waals surface area (Å²) >= 11 is 0. The van der Waals surface area contributed by atoms with Gasteiger partial charge in [0.05, 0.1) is 12.2 Å². The van der Waals surface area contributed by atoms with E-state index in [1.165, 1.54) is 12.3 Å². The third-order valence-electron chi connectivity index (χ3n) is 6.54. The van der Waals surface area contributed by atoms with Crippen LogP contribution in [0.5, 0.6) is 0 Å². The van der Waals surface area contributed by atoms with Gasteiger partial charge < -0.3 is 9.88 Å². The van der Waals surface area contributed by atoms with Crippen LogP contribution < -0.4 is 5.32 Å². The highest BCUT2D eigenvalue weighted by Gasteiger charge is 2.34. The number of anilines is 1. The molecule has 3 aromatic rings. The zero-order valence-corrected chi connectivity index (χ0v) is 20.7. The molecule has 0 spiro atoms. The number of fused-ring (bicyclic) bond motifs is 2. The number of rotatable bonds is 6. The molecule has 0 saturated heterocycles. The molecule has 1 atom stereocenters. The summed E-state index contributed by atoms with van der Waals surface area (Å²) in [4.78, 5) is 21.6.